The second-order valence-electron chi connectivity index (χ2n) is 6.15. The van der Waals surface area contributed by atoms with E-state index in [1.54, 1.807) is 0 Å². The van der Waals surface area contributed by atoms with Gasteiger partial charge in [0.05, 0.1) is 18.2 Å². The standard InChI is InChI=1S/C17H25ClN2O2.ClH/c18-15-10-13(11-16-17(15)22-9-3-8-21-16)12-20-7-2-1-4-14(20)5-6-19;/h10-11,14H,1-9,12,19H2;1H. The van der Waals surface area contributed by atoms with Gasteiger partial charge in [-0.2, -0.15) is 0 Å². The maximum Gasteiger partial charge on any atom is 0.179 e. The van der Waals surface area contributed by atoms with Crippen LogP contribution in [0, 0.1) is 0 Å². The summed E-state index contributed by atoms with van der Waals surface area (Å²) >= 11 is 6.39. The second-order valence-corrected chi connectivity index (χ2v) is 6.56. The number of halogens is 2. The first-order chi connectivity index (χ1) is 10.8. The molecule has 0 aliphatic carbocycles. The van der Waals surface area contributed by atoms with Gasteiger partial charge in [0.15, 0.2) is 11.5 Å². The first-order valence-corrected chi connectivity index (χ1v) is 8.68. The molecule has 1 atom stereocenters. The van der Waals surface area contributed by atoms with Gasteiger partial charge in [-0.15, -0.1) is 12.4 Å². The van der Waals surface area contributed by atoms with Gasteiger partial charge < -0.3 is 15.2 Å². The third kappa shape index (κ3) is 4.66. The predicted molar refractivity (Wildman–Crippen MR) is 96.0 cm³/mol. The fourth-order valence-electron chi connectivity index (χ4n) is 3.40. The molecule has 6 heteroatoms. The van der Waals surface area contributed by atoms with E-state index in [-0.39, 0.29) is 12.4 Å². The molecule has 0 saturated carbocycles. The van der Waals surface area contributed by atoms with Crippen LogP contribution in [-0.2, 0) is 6.54 Å². The van der Waals surface area contributed by atoms with Crippen molar-refractivity contribution in [1.82, 2.24) is 4.90 Å². The van der Waals surface area contributed by atoms with E-state index >= 15 is 0 Å². The Morgan fingerprint density at radius 1 is 1.17 bits per heavy atom. The Kier molecular flexibility index (Phi) is 7.28. The molecule has 1 aromatic carbocycles. The average molecular weight is 361 g/mol. The maximum atomic E-state index is 6.39. The lowest BCUT2D eigenvalue weighted by molar-refractivity contribution is 0.134. The number of ether oxygens (including phenoxy) is 2. The van der Waals surface area contributed by atoms with E-state index in [4.69, 9.17) is 26.8 Å². The predicted octanol–water partition coefficient (Wildman–Crippen LogP) is 3.63. The van der Waals surface area contributed by atoms with Crippen molar-refractivity contribution in [2.24, 2.45) is 5.73 Å². The molecule has 2 N–H and O–H groups in total. The number of hydrogen-bond donors (Lipinski definition) is 1. The van der Waals surface area contributed by atoms with E-state index < -0.39 is 0 Å². The quantitative estimate of drug-likeness (QED) is 0.890. The Bertz CT molecular complexity index is 512. The van der Waals surface area contributed by atoms with E-state index in [1.807, 2.05) is 6.07 Å². The van der Waals surface area contributed by atoms with Crippen LogP contribution in [0.25, 0.3) is 0 Å². The number of fused-ring (bicyclic) bond motifs is 1. The largest absolute Gasteiger partial charge is 0.489 e. The summed E-state index contributed by atoms with van der Waals surface area (Å²) in [5.41, 5.74) is 6.96. The Morgan fingerprint density at radius 3 is 2.83 bits per heavy atom. The van der Waals surface area contributed by atoms with E-state index in [2.05, 4.69) is 11.0 Å². The summed E-state index contributed by atoms with van der Waals surface area (Å²) in [7, 11) is 0. The molecule has 1 saturated heterocycles. The summed E-state index contributed by atoms with van der Waals surface area (Å²) in [6.07, 6.45) is 5.78. The molecule has 0 radical (unpaired) electrons. The Balaban J connectivity index is 0.00000192. The van der Waals surface area contributed by atoms with Crippen molar-refractivity contribution in [3.63, 3.8) is 0 Å². The SMILES string of the molecule is Cl.NCCC1CCCCN1Cc1cc(Cl)c2c(c1)OCCCO2. The number of hydrogen-bond acceptors (Lipinski definition) is 4. The third-order valence-electron chi connectivity index (χ3n) is 4.50. The van der Waals surface area contributed by atoms with Crippen molar-refractivity contribution < 1.29 is 9.47 Å². The molecule has 23 heavy (non-hydrogen) atoms. The molecule has 2 aliphatic rings. The molecule has 1 fully saturated rings. The van der Waals surface area contributed by atoms with Crippen LogP contribution in [0.4, 0.5) is 0 Å². The minimum atomic E-state index is 0. The van der Waals surface area contributed by atoms with Gasteiger partial charge in [-0.25, -0.2) is 0 Å². The molecule has 3 rings (SSSR count). The number of piperidine rings is 1. The summed E-state index contributed by atoms with van der Waals surface area (Å²) in [6.45, 7) is 4.14. The van der Waals surface area contributed by atoms with E-state index in [1.165, 1.54) is 24.8 Å². The fraction of sp³-hybridized carbons (Fsp3) is 0.647. The van der Waals surface area contributed by atoms with E-state index in [0.29, 0.717) is 30.0 Å². The highest BCUT2D eigenvalue weighted by Crippen LogP contribution is 2.38. The summed E-state index contributed by atoms with van der Waals surface area (Å²) < 4.78 is 11.5. The van der Waals surface area contributed by atoms with Crippen LogP contribution in [0.5, 0.6) is 11.5 Å². The van der Waals surface area contributed by atoms with Gasteiger partial charge >= 0.3 is 0 Å². The number of rotatable bonds is 4. The summed E-state index contributed by atoms with van der Waals surface area (Å²) in [4.78, 5) is 2.53. The molecule has 0 aromatic heterocycles. The van der Waals surface area contributed by atoms with E-state index in [9.17, 15) is 0 Å². The fourth-order valence-corrected chi connectivity index (χ4v) is 3.69. The lowest BCUT2D eigenvalue weighted by atomic mass is 9.98. The van der Waals surface area contributed by atoms with Crippen molar-refractivity contribution in [1.29, 1.82) is 0 Å². The first-order valence-electron chi connectivity index (χ1n) is 8.30. The second kappa shape index (κ2) is 8.97. The van der Waals surface area contributed by atoms with Gasteiger partial charge in [0.25, 0.3) is 0 Å². The number of benzene rings is 1. The zero-order chi connectivity index (χ0) is 15.4. The third-order valence-corrected chi connectivity index (χ3v) is 4.78. The van der Waals surface area contributed by atoms with Gasteiger partial charge in [0.1, 0.15) is 0 Å². The van der Waals surface area contributed by atoms with Crippen LogP contribution >= 0.6 is 24.0 Å². The zero-order valence-corrected chi connectivity index (χ0v) is 15.0. The molecule has 2 aliphatic heterocycles. The molecule has 0 amide bonds. The molecule has 1 unspecified atom stereocenters. The highest BCUT2D eigenvalue weighted by molar-refractivity contribution is 6.32. The summed E-state index contributed by atoms with van der Waals surface area (Å²) in [5.74, 6) is 1.48. The van der Waals surface area contributed by atoms with Gasteiger partial charge in [0.2, 0.25) is 0 Å². The van der Waals surface area contributed by atoms with Crippen LogP contribution in [-0.4, -0.2) is 37.2 Å². The van der Waals surface area contributed by atoms with Crippen molar-refractivity contribution in [2.45, 2.75) is 44.7 Å². The molecule has 130 valence electrons. The molecule has 4 nitrogen and oxygen atoms in total. The maximum absolute atomic E-state index is 6.39. The molecule has 0 bridgehead atoms. The number of likely N-dealkylation sites (tertiary alicyclic amines) is 1. The van der Waals surface area contributed by atoms with Crippen LogP contribution in [0.1, 0.15) is 37.7 Å². The monoisotopic (exact) mass is 360 g/mol. The average Bonchev–Trinajstić information content (AvgIpc) is 2.75. The van der Waals surface area contributed by atoms with Crippen LogP contribution in [0.3, 0.4) is 0 Å². The molecule has 1 aromatic rings. The Labute approximate surface area is 149 Å². The minimum absolute atomic E-state index is 0. The smallest absolute Gasteiger partial charge is 0.179 e. The summed E-state index contributed by atoms with van der Waals surface area (Å²) in [6, 6.07) is 4.69. The number of nitrogens with zero attached hydrogens (tertiary/aromatic N) is 1. The first kappa shape index (κ1) is 18.7. The zero-order valence-electron chi connectivity index (χ0n) is 13.4. The van der Waals surface area contributed by atoms with Gasteiger partial charge in [-0.3, -0.25) is 4.90 Å². The lowest BCUT2D eigenvalue weighted by Gasteiger charge is -2.35. The van der Waals surface area contributed by atoms with E-state index in [0.717, 1.165) is 38.2 Å². The molecular weight excluding hydrogens is 335 g/mol. The van der Waals surface area contributed by atoms with Crippen molar-refractivity contribution >= 4 is 24.0 Å². The highest BCUT2D eigenvalue weighted by atomic mass is 35.5. The topological polar surface area (TPSA) is 47.7 Å². The Hall–Kier alpha value is -0.680. The van der Waals surface area contributed by atoms with Crippen molar-refractivity contribution in [3.05, 3.63) is 22.7 Å². The molecular formula is C17H26Cl2N2O2. The van der Waals surface area contributed by atoms with Crippen molar-refractivity contribution in [2.75, 3.05) is 26.3 Å². The van der Waals surface area contributed by atoms with Crippen LogP contribution in [0.2, 0.25) is 5.02 Å². The highest BCUT2D eigenvalue weighted by Gasteiger charge is 2.23. The molecule has 2 heterocycles. The summed E-state index contributed by atoms with van der Waals surface area (Å²) in [5, 5.41) is 0.654. The van der Waals surface area contributed by atoms with Crippen LogP contribution in [0.15, 0.2) is 12.1 Å². The van der Waals surface area contributed by atoms with Gasteiger partial charge in [0, 0.05) is 19.0 Å². The van der Waals surface area contributed by atoms with Crippen LogP contribution < -0.4 is 15.2 Å². The molecule has 0 spiro atoms. The lowest BCUT2D eigenvalue weighted by Crippen LogP contribution is -2.40. The normalized spacial score (nSPS) is 21.4. The van der Waals surface area contributed by atoms with Gasteiger partial charge in [-0.1, -0.05) is 18.0 Å². The van der Waals surface area contributed by atoms with Gasteiger partial charge in [-0.05, 0) is 50.0 Å². The Morgan fingerprint density at radius 2 is 2.00 bits per heavy atom. The van der Waals surface area contributed by atoms with Crippen molar-refractivity contribution in [3.8, 4) is 11.5 Å². The minimum Gasteiger partial charge on any atom is -0.489 e. The number of nitrogens with two attached hydrogens (primary N) is 1.